The minimum Gasteiger partial charge on any atom is -0.508 e. The van der Waals surface area contributed by atoms with Gasteiger partial charge in [-0.1, -0.05) is 24.3 Å². The molecule has 18 heteroatoms. The predicted molar refractivity (Wildman–Crippen MR) is 197 cm³/mol. The predicted octanol–water partition coefficient (Wildman–Crippen LogP) is 4.98. The molecule has 0 aliphatic heterocycles. The van der Waals surface area contributed by atoms with E-state index in [0.29, 0.717) is 0 Å². The van der Waals surface area contributed by atoms with E-state index in [0.717, 1.165) is 12.1 Å². The molecule has 0 radical (unpaired) electrons. The van der Waals surface area contributed by atoms with E-state index in [1.807, 2.05) is 0 Å². The van der Waals surface area contributed by atoms with Gasteiger partial charge in [0, 0.05) is 56.8 Å². The third-order valence-corrected chi connectivity index (χ3v) is 9.63. The van der Waals surface area contributed by atoms with Crippen LogP contribution in [0.25, 0.3) is 21.5 Å². The van der Waals surface area contributed by atoms with Gasteiger partial charge >= 0.3 is 11.8 Å². The summed E-state index contributed by atoms with van der Waals surface area (Å²) in [6, 6.07) is 23.7. The smallest absolute Gasteiger partial charge is 0.314 e. The van der Waals surface area contributed by atoms with Gasteiger partial charge in [-0.15, -0.1) is 0 Å². The lowest BCUT2D eigenvalue weighted by atomic mass is 10.1. The van der Waals surface area contributed by atoms with Crippen LogP contribution in [0.2, 0.25) is 0 Å². The number of anilines is 4. The van der Waals surface area contributed by atoms with E-state index in [-0.39, 0.29) is 66.9 Å². The van der Waals surface area contributed by atoms with Crippen molar-refractivity contribution < 1.29 is 55.3 Å². The molecule has 6 aromatic rings. The van der Waals surface area contributed by atoms with Crippen molar-refractivity contribution in [2.24, 2.45) is 0 Å². The highest BCUT2D eigenvalue weighted by molar-refractivity contribution is 7.86. The molecule has 0 atom stereocenters. The topological polar surface area (TPSA) is 266 Å². The zero-order valence-electron chi connectivity index (χ0n) is 27.3. The Bertz CT molecular complexity index is 2600. The summed E-state index contributed by atoms with van der Waals surface area (Å²) in [4.78, 5) is 50.5. The third kappa shape index (κ3) is 8.27. The summed E-state index contributed by atoms with van der Waals surface area (Å²) in [7, 11) is -9.43. The lowest BCUT2D eigenvalue weighted by Gasteiger charge is -2.11. The van der Waals surface area contributed by atoms with Gasteiger partial charge in [0.1, 0.15) is 21.3 Å². The van der Waals surface area contributed by atoms with Gasteiger partial charge in [0.25, 0.3) is 32.1 Å². The number of benzene rings is 6. The van der Waals surface area contributed by atoms with Gasteiger partial charge in [0.15, 0.2) is 0 Å². The number of hydrogen-bond donors (Lipinski definition) is 8. The summed E-state index contributed by atoms with van der Waals surface area (Å²) in [6.45, 7) is 0. The molecule has 0 saturated carbocycles. The first-order valence-electron chi connectivity index (χ1n) is 15.4. The van der Waals surface area contributed by atoms with Crippen molar-refractivity contribution in [1.82, 2.24) is 0 Å². The summed E-state index contributed by atoms with van der Waals surface area (Å²) >= 11 is 0. The molecule has 0 unspecified atom stereocenters. The van der Waals surface area contributed by atoms with E-state index in [1.165, 1.54) is 97.1 Å². The van der Waals surface area contributed by atoms with Crippen LogP contribution in [0, 0.1) is 0 Å². The lowest BCUT2D eigenvalue weighted by Crippen LogP contribution is -2.29. The molecule has 0 aromatic heterocycles. The summed E-state index contributed by atoms with van der Waals surface area (Å²) in [5.74, 6) is -4.34. The van der Waals surface area contributed by atoms with Crippen LogP contribution < -0.4 is 21.3 Å². The first kappa shape index (κ1) is 36.9. The van der Waals surface area contributed by atoms with Crippen LogP contribution in [0.3, 0.4) is 0 Å². The highest BCUT2D eigenvalue weighted by Gasteiger charge is 2.20. The molecular weight excluding hydrogens is 745 g/mol. The van der Waals surface area contributed by atoms with Gasteiger partial charge in [-0.2, -0.15) is 16.8 Å². The Kier molecular flexibility index (Phi) is 9.76. The second-order valence-corrected chi connectivity index (χ2v) is 14.5. The maximum absolute atomic E-state index is 13.0. The maximum Gasteiger partial charge on any atom is 0.314 e. The van der Waals surface area contributed by atoms with Gasteiger partial charge in [0.2, 0.25) is 0 Å². The van der Waals surface area contributed by atoms with Crippen LogP contribution in [0.5, 0.6) is 11.5 Å². The monoisotopic (exact) mass is 770 g/mol. The minimum atomic E-state index is -4.72. The molecule has 0 spiro atoms. The molecule has 0 aliphatic carbocycles. The number of phenolic OH excluding ortho intramolecular Hbond substituents is 2. The quantitative estimate of drug-likeness (QED) is 0.0753. The Labute approximate surface area is 305 Å². The fraction of sp³-hybridized carbons (Fsp3) is 0. The summed E-state index contributed by atoms with van der Waals surface area (Å²) in [5.41, 5.74) is 0.538. The van der Waals surface area contributed by atoms with Crippen LogP contribution in [-0.2, 0) is 29.8 Å². The van der Waals surface area contributed by atoms with Gasteiger partial charge < -0.3 is 31.5 Å². The molecule has 6 rings (SSSR count). The lowest BCUT2D eigenvalue weighted by molar-refractivity contribution is -0.132. The highest BCUT2D eigenvalue weighted by Crippen LogP contribution is 2.32. The number of phenols is 2. The summed E-state index contributed by atoms with van der Waals surface area (Å²) in [6.07, 6.45) is 0. The Morgan fingerprint density at radius 3 is 1.19 bits per heavy atom. The van der Waals surface area contributed by atoms with E-state index in [9.17, 15) is 55.3 Å². The second kappa shape index (κ2) is 14.3. The number of aromatic hydroxyl groups is 2. The summed E-state index contributed by atoms with van der Waals surface area (Å²) in [5, 5.41) is 30.2. The standard InChI is InChI=1S/C36H26N4O12S2/c41-27-13-19-7-9-25(15-29(19)31(17-27)53(47,48)49)37-33(43)21-3-1-5-23(11-21)39-35(45)36(46)40-24-6-2-4-22(12-24)34(44)38-26-10-8-20-14-28(42)18-32(30(20)16-26)54(50,51)52/h1-18,41-42H,(H,37,43)(H,38,44)(H,39,45)(H,40,46)(H,47,48,49)(H,50,51,52). The Balaban J connectivity index is 1.11. The SMILES string of the molecule is O=C(Nc1cccc(C(=O)Nc2ccc3cc(O)cc(S(=O)(=O)O)c3c2)c1)C(=O)Nc1cccc(C(=O)Nc2ccc3cc(O)cc(S(=O)(=O)O)c3c2)c1. The van der Waals surface area contributed by atoms with Crippen LogP contribution in [0.15, 0.2) is 119 Å². The molecule has 16 nitrogen and oxygen atoms in total. The fourth-order valence-corrected chi connectivity index (χ4v) is 6.91. The van der Waals surface area contributed by atoms with Crippen molar-refractivity contribution in [3.8, 4) is 11.5 Å². The number of carbonyl (C=O) groups is 4. The fourth-order valence-electron chi connectivity index (χ4n) is 5.46. The van der Waals surface area contributed by atoms with E-state index in [2.05, 4.69) is 21.3 Å². The van der Waals surface area contributed by atoms with Crippen molar-refractivity contribution in [2.75, 3.05) is 21.3 Å². The molecule has 6 aromatic carbocycles. The average Bonchev–Trinajstić information content (AvgIpc) is 3.10. The van der Waals surface area contributed by atoms with Crippen molar-refractivity contribution in [1.29, 1.82) is 0 Å². The molecule has 274 valence electrons. The van der Waals surface area contributed by atoms with Crippen LogP contribution in [-0.4, -0.2) is 59.8 Å². The number of nitrogens with one attached hydrogen (secondary N) is 4. The largest absolute Gasteiger partial charge is 0.508 e. The van der Waals surface area contributed by atoms with Gasteiger partial charge in [-0.3, -0.25) is 28.3 Å². The van der Waals surface area contributed by atoms with Crippen molar-refractivity contribution in [3.63, 3.8) is 0 Å². The molecule has 0 aliphatic rings. The molecular formula is C36H26N4O12S2. The van der Waals surface area contributed by atoms with E-state index in [1.54, 1.807) is 0 Å². The van der Waals surface area contributed by atoms with Crippen LogP contribution >= 0.6 is 0 Å². The zero-order valence-corrected chi connectivity index (χ0v) is 28.9. The number of carbonyl (C=O) groups excluding carboxylic acids is 4. The van der Waals surface area contributed by atoms with Gasteiger partial charge in [0.05, 0.1) is 0 Å². The molecule has 0 saturated heterocycles. The van der Waals surface area contributed by atoms with Gasteiger partial charge in [-0.05, 0) is 83.6 Å². The number of amides is 4. The van der Waals surface area contributed by atoms with E-state index in [4.69, 9.17) is 0 Å². The average molecular weight is 771 g/mol. The molecule has 4 amide bonds. The van der Waals surface area contributed by atoms with E-state index < -0.39 is 53.7 Å². The molecule has 54 heavy (non-hydrogen) atoms. The Morgan fingerprint density at radius 1 is 0.444 bits per heavy atom. The normalized spacial score (nSPS) is 11.5. The van der Waals surface area contributed by atoms with Crippen molar-refractivity contribution in [3.05, 3.63) is 120 Å². The molecule has 8 N–H and O–H groups in total. The summed E-state index contributed by atoms with van der Waals surface area (Å²) < 4.78 is 66.6. The third-order valence-electron chi connectivity index (χ3n) is 7.85. The van der Waals surface area contributed by atoms with E-state index >= 15 is 0 Å². The van der Waals surface area contributed by atoms with Crippen molar-refractivity contribution >= 4 is 88.2 Å². The molecule has 0 fully saturated rings. The van der Waals surface area contributed by atoms with Crippen molar-refractivity contribution in [2.45, 2.75) is 9.79 Å². The maximum atomic E-state index is 13.0. The zero-order chi connectivity index (χ0) is 38.9. The minimum absolute atomic E-state index is 0.0376. The van der Waals surface area contributed by atoms with Crippen LogP contribution in [0.1, 0.15) is 20.7 Å². The Hall–Kier alpha value is -6.86. The molecule has 0 heterocycles. The van der Waals surface area contributed by atoms with Crippen LogP contribution in [0.4, 0.5) is 22.7 Å². The first-order valence-corrected chi connectivity index (χ1v) is 18.3. The highest BCUT2D eigenvalue weighted by atomic mass is 32.2. The first-order chi connectivity index (χ1) is 25.4. The number of rotatable bonds is 8. The number of fused-ring (bicyclic) bond motifs is 2. The Morgan fingerprint density at radius 2 is 0.815 bits per heavy atom. The number of hydrogen-bond acceptors (Lipinski definition) is 10. The molecule has 0 bridgehead atoms. The second-order valence-electron chi connectivity index (χ2n) is 11.7. The van der Waals surface area contributed by atoms with Gasteiger partial charge in [-0.25, -0.2) is 0 Å².